The van der Waals surface area contributed by atoms with Crippen molar-refractivity contribution in [3.05, 3.63) is 59.9 Å². The molecule has 0 saturated carbocycles. The van der Waals surface area contributed by atoms with Crippen LogP contribution in [0.15, 0.2) is 52.9 Å². The average molecular weight is 411 g/mol. The molecule has 0 aliphatic rings. The van der Waals surface area contributed by atoms with Crippen molar-refractivity contribution in [2.45, 2.75) is 33.5 Å². The van der Waals surface area contributed by atoms with E-state index in [1.807, 2.05) is 32.0 Å². The molecule has 0 saturated heterocycles. The van der Waals surface area contributed by atoms with E-state index < -0.39 is 18.0 Å². The highest BCUT2D eigenvalue weighted by Crippen LogP contribution is 2.27. The Morgan fingerprint density at radius 2 is 1.77 bits per heavy atom. The Balaban J connectivity index is 1.69. The van der Waals surface area contributed by atoms with E-state index in [1.165, 1.54) is 6.92 Å². The number of carbonyl (C=O) groups excluding carboxylic acids is 2. The van der Waals surface area contributed by atoms with Gasteiger partial charge in [0.15, 0.2) is 6.10 Å². The SMILES string of the molecule is CCOCc1c(C(=O)O[C@@H](C)C(=O)Nc2ccc(OCC)cc2)oc2ccccc12. The van der Waals surface area contributed by atoms with E-state index in [1.54, 1.807) is 30.3 Å². The summed E-state index contributed by atoms with van der Waals surface area (Å²) in [6, 6.07) is 14.2. The van der Waals surface area contributed by atoms with Gasteiger partial charge >= 0.3 is 5.97 Å². The summed E-state index contributed by atoms with van der Waals surface area (Å²) < 4.78 is 21.9. The number of hydrogen-bond acceptors (Lipinski definition) is 6. The Labute approximate surface area is 174 Å². The summed E-state index contributed by atoms with van der Waals surface area (Å²) in [5, 5.41) is 3.50. The molecule has 30 heavy (non-hydrogen) atoms. The molecule has 0 bridgehead atoms. The van der Waals surface area contributed by atoms with E-state index in [4.69, 9.17) is 18.6 Å². The summed E-state index contributed by atoms with van der Waals surface area (Å²) in [6.45, 7) is 6.54. The Bertz CT molecular complexity index is 1010. The molecule has 0 radical (unpaired) electrons. The van der Waals surface area contributed by atoms with Gasteiger partial charge in [-0.2, -0.15) is 0 Å². The maximum absolute atomic E-state index is 12.7. The smallest absolute Gasteiger partial charge is 0.375 e. The van der Waals surface area contributed by atoms with Crippen molar-refractivity contribution in [3.8, 4) is 5.75 Å². The first-order valence-corrected chi connectivity index (χ1v) is 9.86. The third-order valence-corrected chi connectivity index (χ3v) is 4.42. The van der Waals surface area contributed by atoms with Gasteiger partial charge in [-0.1, -0.05) is 18.2 Å². The van der Waals surface area contributed by atoms with Gasteiger partial charge in [-0.05, 0) is 51.1 Å². The highest BCUT2D eigenvalue weighted by molar-refractivity contribution is 5.99. The molecule has 1 amide bonds. The van der Waals surface area contributed by atoms with Gasteiger partial charge in [0, 0.05) is 23.2 Å². The molecule has 0 spiro atoms. The van der Waals surface area contributed by atoms with Gasteiger partial charge in [0.05, 0.1) is 13.2 Å². The lowest BCUT2D eigenvalue weighted by atomic mass is 10.1. The van der Waals surface area contributed by atoms with Crippen molar-refractivity contribution >= 4 is 28.5 Å². The summed E-state index contributed by atoms with van der Waals surface area (Å²) in [5.74, 6) is -0.405. The van der Waals surface area contributed by atoms with Crippen molar-refractivity contribution in [1.29, 1.82) is 0 Å². The molecule has 3 aromatic rings. The minimum atomic E-state index is -1.02. The fourth-order valence-corrected chi connectivity index (χ4v) is 2.92. The number of esters is 1. The van der Waals surface area contributed by atoms with Crippen LogP contribution in [-0.4, -0.2) is 31.2 Å². The van der Waals surface area contributed by atoms with Gasteiger partial charge in [0.2, 0.25) is 5.76 Å². The topological polar surface area (TPSA) is 87.0 Å². The van der Waals surface area contributed by atoms with E-state index in [-0.39, 0.29) is 12.4 Å². The maximum Gasteiger partial charge on any atom is 0.375 e. The molecule has 1 N–H and O–H groups in total. The fraction of sp³-hybridized carbons (Fsp3) is 0.304. The van der Waals surface area contributed by atoms with Gasteiger partial charge in [0.25, 0.3) is 5.91 Å². The number of para-hydroxylation sites is 1. The molecule has 7 heteroatoms. The second-order valence-electron chi connectivity index (χ2n) is 6.54. The second kappa shape index (κ2) is 9.93. The molecule has 2 aromatic carbocycles. The van der Waals surface area contributed by atoms with E-state index in [0.29, 0.717) is 35.8 Å². The van der Waals surface area contributed by atoms with E-state index in [2.05, 4.69) is 5.32 Å². The zero-order chi connectivity index (χ0) is 21.5. The third kappa shape index (κ3) is 4.99. The molecule has 158 valence electrons. The van der Waals surface area contributed by atoms with Crippen LogP contribution in [0.1, 0.15) is 36.9 Å². The maximum atomic E-state index is 12.7. The number of anilines is 1. The molecule has 0 unspecified atom stereocenters. The molecule has 0 aliphatic heterocycles. The van der Waals surface area contributed by atoms with Crippen LogP contribution in [0, 0.1) is 0 Å². The standard InChI is InChI=1S/C23H25NO6/c1-4-27-14-19-18-8-6-7-9-20(18)30-21(19)23(26)29-15(3)22(25)24-16-10-12-17(13-11-16)28-5-2/h6-13,15H,4-5,14H2,1-3H3,(H,24,25)/t15-/m0/s1. The number of nitrogens with one attached hydrogen (secondary N) is 1. The Morgan fingerprint density at radius 1 is 1.03 bits per heavy atom. The van der Waals surface area contributed by atoms with E-state index in [0.717, 1.165) is 5.39 Å². The van der Waals surface area contributed by atoms with Crippen LogP contribution in [-0.2, 0) is 20.9 Å². The van der Waals surface area contributed by atoms with Crippen molar-refractivity contribution in [2.24, 2.45) is 0 Å². The van der Waals surface area contributed by atoms with Gasteiger partial charge < -0.3 is 23.9 Å². The van der Waals surface area contributed by atoms with Crippen LogP contribution in [0.3, 0.4) is 0 Å². The normalized spacial score (nSPS) is 11.8. The first-order chi connectivity index (χ1) is 14.5. The predicted octanol–water partition coefficient (Wildman–Crippen LogP) is 4.55. The summed E-state index contributed by atoms with van der Waals surface area (Å²) in [4.78, 5) is 25.2. The number of carbonyl (C=O) groups is 2. The van der Waals surface area contributed by atoms with Crippen LogP contribution in [0.25, 0.3) is 11.0 Å². The number of fused-ring (bicyclic) bond motifs is 1. The highest BCUT2D eigenvalue weighted by Gasteiger charge is 2.26. The van der Waals surface area contributed by atoms with Crippen LogP contribution < -0.4 is 10.1 Å². The Morgan fingerprint density at radius 3 is 2.47 bits per heavy atom. The summed E-state index contributed by atoms with van der Waals surface area (Å²) in [6.07, 6.45) is -1.02. The number of furan rings is 1. The van der Waals surface area contributed by atoms with Crippen LogP contribution in [0.5, 0.6) is 5.75 Å². The number of amides is 1. The van der Waals surface area contributed by atoms with Crippen LogP contribution >= 0.6 is 0 Å². The van der Waals surface area contributed by atoms with Crippen LogP contribution in [0.4, 0.5) is 5.69 Å². The number of hydrogen-bond donors (Lipinski definition) is 1. The minimum Gasteiger partial charge on any atom is -0.494 e. The molecular weight excluding hydrogens is 386 g/mol. The summed E-state index contributed by atoms with van der Waals surface area (Å²) >= 11 is 0. The summed E-state index contributed by atoms with van der Waals surface area (Å²) in [7, 11) is 0. The fourth-order valence-electron chi connectivity index (χ4n) is 2.92. The monoisotopic (exact) mass is 411 g/mol. The third-order valence-electron chi connectivity index (χ3n) is 4.42. The van der Waals surface area contributed by atoms with Crippen molar-refractivity contribution in [2.75, 3.05) is 18.5 Å². The van der Waals surface area contributed by atoms with Gasteiger partial charge in [-0.25, -0.2) is 4.79 Å². The molecule has 0 aliphatic carbocycles. The van der Waals surface area contributed by atoms with E-state index >= 15 is 0 Å². The van der Waals surface area contributed by atoms with Gasteiger partial charge in [-0.15, -0.1) is 0 Å². The van der Waals surface area contributed by atoms with Crippen LogP contribution in [0.2, 0.25) is 0 Å². The minimum absolute atomic E-state index is 0.0466. The quantitative estimate of drug-likeness (QED) is 0.520. The molecular formula is C23H25NO6. The zero-order valence-electron chi connectivity index (χ0n) is 17.3. The number of rotatable bonds is 9. The molecule has 1 heterocycles. The lowest BCUT2D eigenvalue weighted by Crippen LogP contribution is -2.30. The second-order valence-corrected chi connectivity index (χ2v) is 6.54. The zero-order valence-corrected chi connectivity index (χ0v) is 17.3. The highest BCUT2D eigenvalue weighted by atomic mass is 16.6. The van der Waals surface area contributed by atoms with Crippen molar-refractivity contribution in [1.82, 2.24) is 0 Å². The molecule has 1 atom stereocenters. The average Bonchev–Trinajstić information content (AvgIpc) is 3.12. The Kier molecular flexibility index (Phi) is 7.08. The number of benzene rings is 2. The Hall–Kier alpha value is -3.32. The molecule has 7 nitrogen and oxygen atoms in total. The van der Waals surface area contributed by atoms with Gasteiger partial charge in [0.1, 0.15) is 11.3 Å². The first-order valence-electron chi connectivity index (χ1n) is 9.86. The van der Waals surface area contributed by atoms with Crippen molar-refractivity contribution < 1.29 is 28.2 Å². The van der Waals surface area contributed by atoms with E-state index in [9.17, 15) is 9.59 Å². The van der Waals surface area contributed by atoms with Crippen molar-refractivity contribution in [3.63, 3.8) is 0 Å². The van der Waals surface area contributed by atoms with Gasteiger partial charge in [-0.3, -0.25) is 4.79 Å². The lowest BCUT2D eigenvalue weighted by Gasteiger charge is -2.13. The number of ether oxygens (including phenoxy) is 3. The first kappa shape index (κ1) is 21.4. The predicted molar refractivity (Wildman–Crippen MR) is 113 cm³/mol. The molecule has 0 fully saturated rings. The largest absolute Gasteiger partial charge is 0.494 e. The molecule has 1 aromatic heterocycles. The summed E-state index contributed by atoms with van der Waals surface area (Å²) in [5.41, 5.74) is 1.74. The molecule has 3 rings (SSSR count). The lowest BCUT2D eigenvalue weighted by molar-refractivity contribution is -0.123.